The van der Waals surface area contributed by atoms with E-state index in [0.29, 0.717) is 11.6 Å². The molecule has 1 aromatic carbocycles. The Bertz CT molecular complexity index is 471. The molecule has 1 N–H and O–H groups in total. The number of non-ortho nitro benzene ring substituents is 1. The van der Waals surface area contributed by atoms with Gasteiger partial charge in [0, 0.05) is 18.2 Å². The molecule has 0 heterocycles. The van der Waals surface area contributed by atoms with Gasteiger partial charge in [0.05, 0.1) is 11.5 Å². The van der Waals surface area contributed by atoms with Crippen molar-refractivity contribution in [3.63, 3.8) is 0 Å². The van der Waals surface area contributed by atoms with Crippen molar-refractivity contribution in [2.75, 3.05) is 6.61 Å². The maximum Gasteiger partial charge on any atom is 0.269 e. The Morgan fingerprint density at radius 2 is 2.26 bits per heavy atom. The predicted molar refractivity (Wildman–Crippen MR) is 68.5 cm³/mol. The largest absolute Gasteiger partial charge is 0.367 e. The van der Waals surface area contributed by atoms with Gasteiger partial charge in [0.25, 0.3) is 5.69 Å². The SMILES string of the molecule is O=C(COCc1cccc([N+](=O)[O-])c1)NC1CCC1. The van der Waals surface area contributed by atoms with Crippen molar-refractivity contribution in [2.45, 2.75) is 31.9 Å². The van der Waals surface area contributed by atoms with Gasteiger partial charge in [-0.1, -0.05) is 12.1 Å². The third-order valence-corrected chi connectivity index (χ3v) is 3.09. The molecule has 1 saturated carbocycles. The van der Waals surface area contributed by atoms with E-state index < -0.39 is 4.92 Å². The van der Waals surface area contributed by atoms with Gasteiger partial charge in [0.2, 0.25) is 5.91 Å². The molecule has 0 atom stereocenters. The van der Waals surface area contributed by atoms with E-state index in [4.69, 9.17) is 4.74 Å². The van der Waals surface area contributed by atoms with Crippen LogP contribution in [0.25, 0.3) is 0 Å². The first-order valence-electron chi connectivity index (χ1n) is 6.25. The first-order valence-corrected chi connectivity index (χ1v) is 6.25. The maximum absolute atomic E-state index is 11.5. The van der Waals surface area contributed by atoms with E-state index in [1.165, 1.54) is 18.6 Å². The van der Waals surface area contributed by atoms with Gasteiger partial charge in [-0.25, -0.2) is 0 Å². The molecule has 6 heteroatoms. The highest BCUT2D eigenvalue weighted by Crippen LogP contribution is 2.17. The number of nitro groups is 1. The third-order valence-electron chi connectivity index (χ3n) is 3.09. The molecular weight excluding hydrogens is 248 g/mol. The smallest absolute Gasteiger partial charge is 0.269 e. The average Bonchev–Trinajstić information content (AvgIpc) is 2.34. The molecule has 102 valence electrons. The summed E-state index contributed by atoms with van der Waals surface area (Å²) in [4.78, 5) is 21.6. The summed E-state index contributed by atoms with van der Waals surface area (Å²) in [6, 6.07) is 6.51. The number of hydrogen-bond donors (Lipinski definition) is 1. The molecule has 0 aromatic heterocycles. The molecule has 1 aliphatic rings. The zero-order valence-corrected chi connectivity index (χ0v) is 10.5. The number of carbonyl (C=O) groups is 1. The van der Waals surface area contributed by atoms with Crippen molar-refractivity contribution < 1.29 is 14.5 Å². The molecule has 0 aliphatic heterocycles. The van der Waals surface area contributed by atoms with Crippen molar-refractivity contribution in [3.8, 4) is 0 Å². The molecule has 1 aromatic rings. The number of rotatable bonds is 6. The van der Waals surface area contributed by atoms with Gasteiger partial charge in [-0.2, -0.15) is 0 Å². The molecule has 0 radical (unpaired) electrons. The minimum Gasteiger partial charge on any atom is -0.367 e. The van der Waals surface area contributed by atoms with Crippen LogP contribution in [0.15, 0.2) is 24.3 Å². The Balaban J connectivity index is 1.74. The Kier molecular flexibility index (Phi) is 4.46. The molecule has 1 fully saturated rings. The summed E-state index contributed by atoms with van der Waals surface area (Å²) in [6.07, 6.45) is 3.24. The standard InChI is InChI=1S/C13H16N2O4/c16-13(14-11-4-2-5-11)9-19-8-10-3-1-6-12(7-10)15(17)18/h1,3,6-7,11H,2,4-5,8-9H2,(H,14,16). The lowest BCUT2D eigenvalue weighted by Crippen LogP contribution is -2.41. The molecule has 0 bridgehead atoms. The quantitative estimate of drug-likeness (QED) is 0.627. The first-order chi connectivity index (χ1) is 9.15. The summed E-state index contributed by atoms with van der Waals surface area (Å²) in [6.45, 7) is 0.180. The van der Waals surface area contributed by atoms with E-state index in [-0.39, 0.29) is 24.8 Å². The summed E-state index contributed by atoms with van der Waals surface area (Å²) in [5.74, 6) is -0.130. The summed E-state index contributed by atoms with van der Waals surface area (Å²) in [5.41, 5.74) is 0.714. The van der Waals surface area contributed by atoms with Gasteiger partial charge in [-0.15, -0.1) is 0 Å². The highest BCUT2D eigenvalue weighted by atomic mass is 16.6. The van der Waals surface area contributed by atoms with Crippen molar-refractivity contribution in [1.82, 2.24) is 5.32 Å². The maximum atomic E-state index is 11.5. The lowest BCUT2D eigenvalue weighted by atomic mass is 9.93. The number of ether oxygens (including phenoxy) is 1. The van der Waals surface area contributed by atoms with E-state index >= 15 is 0 Å². The number of benzene rings is 1. The summed E-state index contributed by atoms with van der Waals surface area (Å²) in [7, 11) is 0. The van der Waals surface area contributed by atoms with Gasteiger partial charge >= 0.3 is 0 Å². The highest BCUT2D eigenvalue weighted by molar-refractivity contribution is 5.77. The lowest BCUT2D eigenvalue weighted by molar-refractivity contribution is -0.384. The van der Waals surface area contributed by atoms with Crippen molar-refractivity contribution >= 4 is 11.6 Å². The Morgan fingerprint density at radius 3 is 2.89 bits per heavy atom. The third kappa shape index (κ3) is 4.03. The average molecular weight is 264 g/mol. The van der Waals surface area contributed by atoms with Crippen molar-refractivity contribution in [3.05, 3.63) is 39.9 Å². The Hall–Kier alpha value is -1.95. The lowest BCUT2D eigenvalue weighted by Gasteiger charge is -2.26. The molecular formula is C13H16N2O4. The highest BCUT2D eigenvalue weighted by Gasteiger charge is 2.19. The van der Waals surface area contributed by atoms with Crippen LogP contribution in [0.3, 0.4) is 0 Å². The van der Waals surface area contributed by atoms with E-state index in [1.54, 1.807) is 12.1 Å². The molecule has 19 heavy (non-hydrogen) atoms. The van der Waals surface area contributed by atoms with E-state index in [9.17, 15) is 14.9 Å². The van der Waals surface area contributed by atoms with Gasteiger partial charge in [0.1, 0.15) is 6.61 Å². The minimum atomic E-state index is -0.452. The van der Waals surface area contributed by atoms with E-state index in [0.717, 1.165) is 12.8 Å². The van der Waals surface area contributed by atoms with Crippen molar-refractivity contribution in [2.24, 2.45) is 0 Å². The zero-order chi connectivity index (χ0) is 13.7. The molecule has 0 unspecified atom stereocenters. The van der Waals surface area contributed by atoms with Gasteiger partial charge in [-0.05, 0) is 24.8 Å². The normalized spacial score (nSPS) is 14.7. The topological polar surface area (TPSA) is 81.5 Å². The Morgan fingerprint density at radius 1 is 1.47 bits per heavy atom. The fraction of sp³-hybridized carbons (Fsp3) is 0.462. The van der Waals surface area contributed by atoms with Crippen LogP contribution < -0.4 is 5.32 Å². The van der Waals surface area contributed by atoms with Crippen LogP contribution in [0.4, 0.5) is 5.69 Å². The number of nitrogens with one attached hydrogen (secondary N) is 1. The fourth-order valence-electron chi connectivity index (χ4n) is 1.84. The molecule has 0 saturated heterocycles. The van der Waals surface area contributed by atoms with Crippen molar-refractivity contribution in [1.29, 1.82) is 0 Å². The van der Waals surface area contributed by atoms with Gasteiger partial charge in [-0.3, -0.25) is 14.9 Å². The molecule has 2 rings (SSSR count). The van der Waals surface area contributed by atoms with Crippen LogP contribution in [0.1, 0.15) is 24.8 Å². The second-order valence-corrected chi connectivity index (χ2v) is 4.62. The Labute approximate surface area is 110 Å². The monoisotopic (exact) mass is 264 g/mol. The summed E-state index contributed by atoms with van der Waals surface area (Å²) in [5, 5.41) is 13.5. The van der Waals surface area contributed by atoms with Gasteiger partial charge < -0.3 is 10.1 Å². The second kappa shape index (κ2) is 6.29. The number of hydrogen-bond acceptors (Lipinski definition) is 4. The molecule has 0 spiro atoms. The van der Waals surface area contributed by atoms with Gasteiger partial charge in [0.15, 0.2) is 0 Å². The minimum absolute atomic E-state index is 0.0147. The zero-order valence-electron chi connectivity index (χ0n) is 10.5. The predicted octanol–water partition coefficient (Wildman–Crippen LogP) is 1.78. The van der Waals surface area contributed by atoms with Crippen LogP contribution in [0, 0.1) is 10.1 Å². The second-order valence-electron chi connectivity index (χ2n) is 4.62. The first kappa shape index (κ1) is 13.5. The number of nitrogens with zero attached hydrogens (tertiary/aromatic N) is 1. The molecule has 1 amide bonds. The van der Waals surface area contributed by atoms with Crippen LogP contribution in [0.5, 0.6) is 0 Å². The molecule has 6 nitrogen and oxygen atoms in total. The number of nitro benzene ring substituents is 1. The van der Waals surface area contributed by atoms with Crippen LogP contribution in [-0.2, 0) is 16.1 Å². The summed E-state index contributed by atoms with van der Waals surface area (Å²) < 4.78 is 5.25. The van der Waals surface area contributed by atoms with E-state index in [1.807, 2.05) is 0 Å². The fourth-order valence-corrected chi connectivity index (χ4v) is 1.84. The van der Waals surface area contributed by atoms with Crippen LogP contribution >= 0.6 is 0 Å². The number of carbonyl (C=O) groups excluding carboxylic acids is 1. The van der Waals surface area contributed by atoms with Crippen LogP contribution in [0.2, 0.25) is 0 Å². The van der Waals surface area contributed by atoms with E-state index in [2.05, 4.69) is 5.32 Å². The number of amides is 1. The summed E-state index contributed by atoms with van der Waals surface area (Å²) >= 11 is 0. The molecule has 1 aliphatic carbocycles. The van der Waals surface area contributed by atoms with Crippen LogP contribution in [-0.4, -0.2) is 23.5 Å².